The Balaban J connectivity index is 3.37. The van der Waals surface area contributed by atoms with Crippen LogP contribution in [0.2, 0.25) is 0 Å². The molecule has 10 nitrogen and oxygen atoms in total. The average molecular weight is 382 g/mol. The molecule has 0 aliphatic heterocycles. The fourth-order valence-corrected chi connectivity index (χ4v) is 2.09. The molecule has 0 aromatic heterocycles. The van der Waals surface area contributed by atoms with Crippen LogP contribution in [0.1, 0.15) is 24.2 Å². The average Bonchev–Trinajstić information content (AvgIpc) is 2.41. The van der Waals surface area contributed by atoms with E-state index in [1.54, 1.807) is 6.92 Å². The number of Topliss-reactive ketones (excluding diaryl/α,β-unsaturated/α-hetero) is 1. The number of carbonyl (C=O) groups is 1. The Kier molecular flexibility index (Phi) is 6.54. The summed E-state index contributed by atoms with van der Waals surface area (Å²) in [5, 5.41) is 0. The summed E-state index contributed by atoms with van der Waals surface area (Å²) in [5.41, 5.74) is 0.0362. The van der Waals surface area contributed by atoms with Crippen LogP contribution >= 0.6 is 0 Å². The van der Waals surface area contributed by atoms with Crippen LogP contribution in [0.15, 0.2) is 12.1 Å². The fraction of sp³-hybridized carbons (Fsp3) is 0.417. The van der Waals surface area contributed by atoms with Crippen LogP contribution in [0, 0.1) is 0 Å². The Bertz CT molecular complexity index is 810. The minimum Gasteiger partial charge on any atom is -0.745 e. The Morgan fingerprint density at radius 1 is 0.958 bits per heavy atom. The summed E-state index contributed by atoms with van der Waals surface area (Å²) in [6, 6.07) is 2.25. The molecule has 0 unspecified atom stereocenters. The molecule has 0 N–H and O–H groups in total. The first-order valence-corrected chi connectivity index (χ1v) is 9.53. The molecule has 0 radical (unpaired) electrons. The third-order valence-electron chi connectivity index (χ3n) is 2.43. The highest BCUT2D eigenvalue weighted by molar-refractivity contribution is 7.85. The molecule has 0 heterocycles. The summed E-state index contributed by atoms with van der Waals surface area (Å²) in [5.74, 6) is -3.99. The zero-order chi connectivity index (χ0) is 18.5. The predicted octanol–water partition coefficient (Wildman–Crippen LogP) is 0.0509. The van der Waals surface area contributed by atoms with Crippen LogP contribution in [-0.2, 0) is 20.2 Å². The van der Waals surface area contributed by atoms with Gasteiger partial charge in [0.15, 0.2) is 29.2 Å². The van der Waals surface area contributed by atoms with Gasteiger partial charge in [0.1, 0.15) is 20.2 Å². The molecule has 12 heteroatoms. The minimum atomic E-state index is -4.77. The molecule has 0 bridgehead atoms. The van der Waals surface area contributed by atoms with Crippen molar-refractivity contribution in [1.82, 2.24) is 0 Å². The van der Waals surface area contributed by atoms with E-state index in [9.17, 15) is 30.7 Å². The van der Waals surface area contributed by atoms with Gasteiger partial charge >= 0.3 is 0 Å². The van der Waals surface area contributed by atoms with Crippen molar-refractivity contribution in [3.05, 3.63) is 17.7 Å². The molecule has 0 atom stereocenters. The Morgan fingerprint density at radius 3 is 1.83 bits per heavy atom. The minimum absolute atomic E-state index is 0.0362. The second-order valence-electron chi connectivity index (χ2n) is 4.43. The van der Waals surface area contributed by atoms with E-state index in [4.69, 9.17) is 14.2 Å². The summed E-state index contributed by atoms with van der Waals surface area (Å²) in [6.07, 6.45) is 0. The molecule has 1 rings (SSSR count). The molecule has 0 saturated heterocycles. The van der Waals surface area contributed by atoms with Crippen LogP contribution < -0.4 is 14.2 Å². The monoisotopic (exact) mass is 382 g/mol. The van der Waals surface area contributed by atoms with E-state index in [2.05, 4.69) is 0 Å². The third-order valence-corrected chi connectivity index (χ3v) is 3.25. The summed E-state index contributed by atoms with van der Waals surface area (Å²) < 4.78 is 79.0. The lowest BCUT2D eigenvalue weighted by molar-refractivity contribution is 0.101. The normalized spacial score (nSPS) is 11.8. The molecule has 0 fully saturated rings. The molecule has 0 aliphatic rings. The zero-order valence-electron chi connectivity index (χ0n) is 12.7. The van der Waals surface area contributed by atoms with Crippen molar-refractivity contribution >= 4 is 26.0 Å². The van der Waals surface area contributed by atoms with Crippen molar-refractivity contribution in [1.29, 1.82) is 0 Å². The van der Waals surface area contributed by atoms with E-state index >= 15 is 0 Å². The lowest BCUT2D eigenvalue weighted by atomic mass is 10.1. The van der Waals surface area contributed by atoms with Gasteiger partial charge in [-0.2, -0.15) is 0 Å². The lowest BCUT2D eigenvalue weighted by Gasteiger charge is -2.19. The molecule has 0 amide bonds. The van der Waals surface area contributed by atoms with E-state index in [-0.39, 0.29) is 17.9 Å². The molecule has 0 saturated carbocycles. The maximum atomic E-state index is 11.5. The number of rotatable bonds is 9. The van der Waals surface area contributed by atoms with Crippen molar-refractivity contribution < 1.29 is 44.9 Å². The number of ketones is 1. The zero-order valence-corrected chi connectivity index (χ0v) is 14.3. The van der Waals surface area contributed by atoms with Crippen LogP contribution in [0.25, 0.3) is 0 Å². The first-order valence-electron chi connectivity index (χ1n) is 6.37. The molecule has 1 aromatic carbocycles. The lowest BCUT2D eigenvalue weighted by Crippen LogP contribution is -2.15. The van der Waals surface area contributed by atoms with Gasteiger partial charge in [0.05, 0.1) is 6.61 Å². The summed E-state index contributed by atoms with van der Waals surface area (Å²) in [6.45, 7) is 2.88. The molecule has 136 valence electrons. The molecule has 0 spiro atoms. The standard InChI is InChI=1S/C12H16O10S2/c1-3-20-10-4-9(8(2)13)5-11(21-6-23(14,15)16)12(10)22-7-24(17,18)19/h4-5H,3,6-7H2,1-2H3,(H,14,15,16)(H,17,18,19)/p-2. The van der Waals surface area contributed by atoms with Gasteiger partial charge in [0.2, 0.25) is 5.75 Å². The third kappa shape index (κ3) is 6.70. The van der Waals surface area contributed by atoms with Crippen LogP contribution in [-0.4, -0.2) is 50.2 Å². The highest BCUT2D eigenvalue weighted by Gasteiger charge is 2.18. The van der Waals surface area contributed by atoms with Crippen LogP contribution in [0.4, 0.5) is 0 Å². The smallest absolute Gasteiger partial charge is 0.204 e. The molecule has 1 aromatic rings. The van der Waals surface area contributed by atoms with Gasteiger partial charge in [0, 0.05) is 5.56 Å². The highest BCUT2D eigenvalue weighted by Crippen LogP contribution is 2.39. The number of hydrogen-bond donors (Lipinski definition) is 0. The largest absolute Gasteiger partial charge is 0.745 e. The molecule has 0 aliphatic carbocycles. The second-order valence-corrected chi connectivity index (χ2v) is 7.13. The fourth-order valence-electron chi connectivity index (χ4n) is 1.56. The van der Waals surface area contributed by atoms with E-state index in [1.165, 1.54) is 13.0 Å². The first-order chi connectivity index (χ1) is 10.9. The van der Waals surface area contributed by atoms with Gasteiger partial charge in [-0.1, -0.05) is 0 Å². The van der Waals surface area contributed by atoms with Crippen molar-refractivity contribution in [2.45, 2.75) is 13.8 Å². The van der Waals surface area contributed by atoms with Gasteiger partial charge in [-0.15, -0.1) is 0 Å². The number of benzene rings is 1. The SMILES string of the molecule is CCOc1cc(C(C)=O)cc(OCS(=O)(=O)[O-])c1OCS(=O)(=O)[O-]. The summed E-state index contributed by atoms with van der Waals surface area (Å²) in [7, 11) is -9.54. The van der Waals surface area contributed by atoms with Crippen LogP contribution in [0.5, 0.6) is 17.2 Å². The Labute approximate surface area is 138 Å². The maximum absolute atomic E-state index is 11.5. The Morgan fingerprint density at radius 2 is 1.42 bits per heavy atom. The highest BCUT2D eigenvalue weighted by atomic mass is 32.2. The van der Waals surface area contributed by atoms with Crippen molar-refractivity contribution in [2.75, 3.05) is 18.5 Å². The number of hydrogen-bond acceptors (Lipinski definition) is 10. The summed E-state index contributed by atoms with van der Waals surface area (Å²) in [4.78, 5) is 11.5. The second kappa shape index (κ2) is 7.79. The van der Waals surface area contributed by atoms with Crippen LogP contribution in [0.3, 0.4) is 0 Å². The van der Waals surface area contributed by atoms with Gasteiger partial charge in [-0.3, -0.25) is 4.79 Å². The Hall–Kier alpha value is -1.89. The van der Waals surface area contributed by atoms with E-state index in [0.717, 1.165) is 6.07 Å². The first kappa shape index (κ1) is 20.2. The topological polar surface area (TPSA) is 159 Å². The van der Waals surface area contributed by atoms with Crippen molar-refractivity contribution in [3.63, 3.8) is 0 Å². The van der Waals surface area contributed by atoms with Crippen molar-refractivity contribution in [2.24, 2.45) is 0 Å². The van der Waals surface area contributed by atoms with E-state index in [1.807, 2.05) is 0 Å². The van der Waals surface area contributed by atoms with Gasteiger partial charge in [0.25, 0.3) is 0 Å². The summed E-state index contributed by atoms with van der Waals surface area (Å²) >= 11 is 0. The van der Waals surface area contributed by atoms with E-state index < -0.39 is 49.4 Å². The van der Waals surface area contributed by atoms with Gasteiger partial charge in [-0.05, 0) is 26.0 Å². The number of carbonyl (C=O) groups excluding carboxylic acids is 1. The van der Waals surface area contributed by atoms with E-state index in [0.29, 0.717) is 0 Å². The van der Waals surface area contributed by atoms with Gasteiger partial charge in [-0.25, -0.2) is 16.8 Å². The van der Waals surface area contributed by atoms with Crippen molar-refractivity contribution in [3.8, 4) is 17.2 Å². The quantitative estimate of drug-likeness (QED) is 0.422. The number of ether oxygens (including phenoxy) is 3. The maximum Gasteiger partial charge on any atom is 0.204 e. The molecular formula is C12H14O10S2-2. The molecular weight excluding hydrogens is 368 g/mol. The molecule has 24 heavy (non-hydrogen) atoms. The predicted molar refractivity (Wildman–Crippen MR) is 78.0 cm³/mol. The van der Waals surface area contributed by atoms with Gasteiger partial charge < -0.3 is 23.3 Å².